The van der Waals surface area contributed by atoms with Crippen molar-refractivity contribution in [1.82, 2.24) is 0 Å². The number of carbonyl (C=O) groups is 1. The van der Waals surface area contributed by atoms with Gasteiger partial charge in [0.1, 0.15) is 0 Å². The number of hydrogen-bond acceptors (Lipinski definition) is 7. The van der Waals surface area contributed by atoms with Crippen LogP contribution in [0.5, 0.6) is 0 Å². The van der Waals surface area contributed by atoms with E-state index in [1.807, 2.05) is 0 Å². The summed E-state index contributed by atoms with van der Waals surface area (Å²) < 4.78 is 36.0. The third-order valence-electron chi connectivity index (χ3n) is 2.23. The number of ether oxygens (including phenoxy) is 1. The van der Waals surface area contributed by atoms with Crippen LogP contribution in [0.2, 0.25) is 0 Å². The molecule has 0 aliphatic rings. The molecule has 0 bridgehead atoms. The van der Waals surface area contributed by atoms with E-state index in [1.165, 1.54) is 0 Å². The molecule has 0 saturated carbocycles. The summed E-state index contributed by atoms with van der Waals surface area (Å²) in [6, 6.07) is 0. The minimum absolute atomic E-state index is 0. The van der Waals surface area contributed by atoms with Gasteiger partial charge in [0, 0.05) is 18.1 Å². The largest absolute Gasteiger partial charge is 1.00 e. The van der Waals surface area contributed by atoms with Gasteiger partial charge in [-0.1, -0.05) is 0 Å². The molecule has 0 aromatic heterocycles. The van der Waals surface area contributed by atoms with Crippen molar-refractivity contribution in [3.8, 4) is 0 Å². The van der Waals surface area contributed by atoms with Crippen LogP contribution >= 0.6 is 11.8 Å². The molecule has 20 heavy (non-hydrogen) atoms. The number of thioether (sulfide) groups is 1. The minimum atomic E-state index is -4.25. The molecule has 0 amide bonds. The molecule has 1 N–H and O–H groups in total. The van der Waals surface area contributed by atoms with E-state index in [0.717, 1.165) is 5.75 Å². The molecular weight excluding hydrogens is 331 g/mol. The molecule has 0 fully saturated rings. The van der Waals surface area contributed by atoms with Gasteiger partial charge in [0.25, 0.3) is 0 Å². The second-order valence-corrected chi connectivity index (χ2v) is 7.39. The van der Waals surface area contributed by atoms with Crippen molar-refractivity contribution in [1.29, 1.82) is 0 Å². The Kier molecular flexibility index (Phi) is 14.0. The van der Waals surface area contributed by atoms with Crippen LogP contribution in [0.3, 0.4) is 0 Å². The number of esters is 1. The van der Waals surface area contributed by atoms with Gasteiger partial charge < -0.3 is 14.4 Å². The van der Waals surface area contributed by atoms with E-state index >= 15 is 0 Å². The van der Waals surface area contributed by atoms with E-state index in [2.05, 4.69) is 0 Å². The molecule has 0 atom stereocenters. The molecule has 0 aliphatic heterocycles. The van der Waals surface area contributed by atoms with Gasteiger partial charge in [-0.25, -0.2) is 8.42 Å². The van der Waals surface area contributed by atoms with Crippen LogP contribution in [-0.4, -0.2) is 54.5 Å². The molecule has 0 saturated heterocycles. The van der Waals surface area contributed by atoms with Crippen LogP contribution in [0, 0.1) is 5.41 Å². The van der Waals surface area contributed by atoms with Gasteiger partial charge in [0.15, 0.2) is 0 Å². The van der Waals surface area contributed by atoms with Crippen molar-refractivity contribution in [3.63, 3.8) is 0 Å². The predicted molar refractivity (Wildman–Crippen MR) is 72.9 cm³/mol. The van der Waals surface area contributed by atoms with Gasteiger partial charge in [0.2, 0.25) is 0 Å². The number of aliphatic hydroxyl groups excluding tert-OH is 1. The van der Waals surface area contributed by atoms with Gasteiger partial charge in [-0.3, -0.25) is 4.79 Å². The Morgan fingerprint density at radius 2 is 1.95 bits per heavy atom. The van der Waals surface area contributed by atoms with Crippen molar-refractivity contribution < 1.29 is 79.0 Å². The third-order valence-corrected chi connectivity index (χ3v) is 4.53. The zero-order valence-corrected chi connectivity index (χ0v) is 17.0. The van der Waals surface area contributed by atoms with Crippen molar-refractivity contribution >= 4 is 27.8 Å². The fourth-order valence-electron chi connectivity index (χ4n) is 1.15. The Balaban J connectivity index is 0. The molecule has 0 radical (unpaired) electrons. The zero-order chi connectivity index (χ0) is 14.9. The maximum atomic E-state index is 11.7. The van der Waals surface area contributed by atoms with Gasteiger partial charge >= 0.3 is 57.4 Å². The smallest absolute Gasteiger partial charge is 0.748 e. The average molecular weight is 353 g/mol. The van der Waals surface area contributed by atoms with Crippen molar-refractivity contribution in [2.45, 2.75) is 26.7 Å². The van der Waals surface area contributed by atoms with Crippen molar-refractivity contribution in [2.75, 3.05) is 30.5 Å². The number of hydrogen-bond donors (Lipinski definition) is 1. The predicted octanol–water partition coefficient (Wildman–Crippen LogP) is -2.39. The van der Waals surface area contributed by atoms with Crippen LogP contribution in [0.25, 0.3) is 0 Å². The van der Waals surface area contributed by atoms with Crippen molar-refractivity contribution in [3.05, 3.63) is 0 Å². The van der Waals surface area contributed by atoms with Crippen LogP contribution in [0.15, 0.2) is 0 Å². The Labute approximate surface area is 167 Å². The molecule has 0 aliphatic carbocycles. The van der Waals surface area contributed by atoms with Gasteiger partial charge in [-0.2, -0.15) is 11.8 Å². The summed E-state index contributed by atoms with van der Waals surface area (Å²) in [5.74, 6) is 0.395. The number of carbonyl (C=O) groups excluding carboxylic acids is 1. The summed E-state index contributed by atoms with van der Waals surface area (Å²) >= 11 is 1.55. The molecule has 0 aromatic carbocycles. The monoisotopic (exact) mass is 352 g/mol. The summed E-state index contributed by atoms with van der Waals surface area (Å²) in [6.07, 6.45) is 0.697. The van der Waals surface area contributed by atoms with E-state index in [0.29, 0.717) is 12.2 Å². The Morgan fingerprint density at radius 3 is 2.45 bits per heavy atom. The minimum Gasteiger partial charge on any atom is -0.748 e. The first-order valence-corrected chi connectivity index (χ1v) is 8.71. The van der Waals surface area contributed by atoms with Crippen LogP contribution in [0.1, 0.15) is 26.7 Å². The molecule has 114 valence electrons. The van der Waals surface area contributed by atoms with E-state index in [4.69, 9.17) is 9.84 Å². The zero-order valence-electron chi connectivity index (χ0n) is 12.3. The Hall–Kier alpha value is 1.33. The van der Waals surface area contributed by atoms with E-state index in [-0.39, 0.29) is 71.0 Å². The fourth-order valence-corrected chi connectivity index (χ4v) is 2.73. The molecule has 0 unspecified atom stereocenters. The maximum absolute atomic E-state index is 11.7. The first kappa shape index (κ1) is 23.6. The summed E-state index contributed by atoms with van der Waals surface area (Å²) in [5.41, 5.74) is -0.670. The third kappa shape index (κ3) is 13.0. The molecule has 0 heterocycles. The summed E-state index contributed by atoms with van der Waals surface area (Å²) in [7, 11) is -4.25. The Bertz CT molecular complexity index is 369. The van der Waals surface area contributed by atoms with Crippen molar-refractivity contribution in [2.24, 2.45) is 5.41 Å². The number of aliphatic hydroxyl groups is 1. The SMILES string of the molecule is CC(C)(CSCCCO)C(=O)OCCCS(=O)(=O)[O-].[K+]. The Morgan fingerprint density at radius 1 is 1.35 bits per heavy atom. The van der Waals surface area contributed by atoms with Gasteiger partial charge in [-0.15, -0.1) is 0 Å². The molecular formula is C11H21KO6S2. The molecule has 0 rings (SSSR count). The van der Waals surface area contributed by atoms with E-state index in [9.17, 15) is 17.8 Å². The van der Waals surface area contributed by atoms with E-state index in [1.54, 1.807) is 25.6 Å². The van der Waals surface area contributed by atoms with Crippen LogP contribution < -0.4 is 51.4 Å². The second-order valence-electron chi connectivity index (χ2n) is 4.76. The summed E-state index contributed by atoms with van der Waals surface area (Å²) in [4.78, 5) is 11.7. The topological polar surface area (TPSA) is 104 Å². The van der Waals surface area contributed by atoms with Gasteiger partial charge in [-0.05, 0) is 32.4 Å². The molecule has 0 aromatic rings. The normalized spacial score (nSPS) is 11.8. The van der Waals surface area contributed by atoms with Gasteiger partial charge in [0.05, 0.1) is 22.1 Å². The standard InChI is InChI=1S/C11H22O6S2.K/c1-11(2,9-18-7-3-5-12)10(13)17-6-4-8-19(14,15)16;/h12H,3-9H2,1-2H3,(H,14,15,16);/q;+1/p-1. The first-order chi connectivity index (χ1) is 8.69. The van der Waals surface area contributed by atoms with Crippen LogP contribution in [-0.2, 0) is 19.6 Å². The van der Waals surface area contributed by atoms with E-state index < -0.39 is 27.3 Å². The quantitative estimate of drug-likeness (QED) is 0.202. The molecule has 0 spiro atoms. The first-order valence-electron chi connectivity index (χ1n) is 5.98. The maximum Gasteiger partial charge on any atom is 1.00 e. The number of rotatable bonds is 10. The molecule has 9 heteroatoms. The van der Waals surface area contributed by atoms with Crippen LogP contribution in [0.4, 0.5) is 0 Å². The average Bonchev–Trinajstić information content (AvgIpc) is 2.28. The molecule has 6 nitrogen and oxygen atoms in total. The fraction of sp³-hybridized carbons (Fsp3) is 0.909. The summed E-state index contributed by atoms with van der Waals surface area (Å²) in [6.45, 7) is 3.55. The summed E-state index contributed by atoms with van der Waals surface area (Å²) in [5, 5.41) is 8.63. The second kappa shape index (κ2) is 11.8.